The normalized spacial score (nSPS) is 13.8. The summed E-state index contributed by atoms with van der Waals surface area (Å²) >= 11 is 6.00. The molecule has 188 valence electrons. The van der Waals surface area contributed by atoms with Crippen molar-refractivity contribution in [2.75, 3.05) is 6.61 Å². The molecule has 1 aromatic carbocycles. The van der Waals surface area contributed by atoms with E-state index >= 15 is 0 Å². The molecule has 9 heteroatoms. The highest BCUT2D eigenvalue weighted by molar-refractivity contribution is 6.74. The summed E-state index contributed by atoms with van der Waals surface area (Å²) in [6.45, 7) is 13.4. The minimum atomic E-state index is -2.03. The van der Waals surface area contributed by atoms with Crippen LogP contribution in [-0.2, 0) is 4.43 Å². The third kappa shape index (κ3) is 7.40. The van der Waals surface area contributed by atoms with Crippen molar-refractivity contribution in [3.8, 4) is 17.1 Å². The van der Waals surface area contributed by atoms with Gasteiger partial charge in [-0.15, -0.1) is 0 Å². The highest BCUT2D eigenvalue weighted by Gasteiger charge is 2.40. The number of hydrogen-bond donors (Lipinski definition) is 2. The van der Waals surface area contributed by atoms with Crippen LogP contribution in [0.15, 0.2) is 55.0 Å². The second kappa shape index (κ2) is 11.4. The molecule has 0 aliphatic rings. The zero-order valence-electron chi connectivity index (χ0n) is 21.3. The van der Waals surface area contributed by atoms with Crippen molar-refractivity contribution in [3.63, 3.8) is 0 Å². The Labute approximate surface area is 213 Å². The number of hydrogen-bond acceptors (Lipinski definition) is 5. The number of aromatic nitrogens is 3. The number of ether oxygens (including phenoxy) is 1. The number of halogens is 1. The maximum Gasteiger partial charge on any atom is 0.269 e. The van der Waals surface area contributed by atoms with Gasteiger partial charge in [0.05, 0.1) is 37.0 Å². The maximum atomic E-state index is 12.8. The van der Waals surface area contributed by atoms with Gasteiger partial charge in [-0.25, -0.2) is 9.97 Å². The van der Waals surface area contributed by atoms with Gasteiger partial charge in [0.15, 0.2) is 8.32 Å². The number of aromatic amines is 1. The third-order valence-electron chi connectivity index (χ3n) is 6.46. The van der Waals surface area contributed by atoms with Gasteiger partial charge in [-0.1, -0.05) is 50.6 Å². The summed E-state index contributed by atoms with van der Waals surface area (Å²) in [5.41, 5.74) is 2.17. The fourth-order valence-electron chi connectivity index (χ4n) is 3.34. The Hall–Kier alpha value is -2.68. The lowest BCUT2D eigenvalue weighted by atomic mass is 10.1. The van der Waals surface area contributed by atoms with Gasteiger partial charge in [-0.05, 0) is 43.3 Å². The van der Waals surface area contributed by atoms with Crippen LogP contribution in [0.5, 0.6) is 5.88 Å². The number of nitrogens with one attached hydrogen (secondary N) is 2. The fourth-order valence-corrected chi connectivity index (χ4v) is 4.91. The molecule has 7 nitrogen and oxygen atoms in total. The van der Waals surface area contributed by atoms with Crippen LogP contribution in [0, 0.1) is 0 Å². The number of nitrogens with zero attached hydrogens (tertiary/aromatic N) is 2. The van der Waals surface area contributed by atoms with Crippen LogP contribution in [0.2, 0.25) is 23.2 Å². The van der Waals surface area contributed by atoms with Crippen LogP contribution in [0.25, 0.3) is 11.3 Å². The smallest absolute Gasteiger partial charge is 0.269 e. The van der Waals surface area contributed by atoms with Crippen LogP contribution in [0.1, 0.15) is 44.6 Å². The lowest BCUT2D eigenvalue weighted by molar-refractivity contribution is 0.0841. The van der Waals surface area contributed by atoms with Gasteiger partial charge in [0.25, 0.3) is 5.91 Å². The maximum absolute atomic E-state index is 12.8. The molecule has 0 spiro atoms. The molecule has 0 aliphatic carbocycles. The molecular formula is C26H35ClN4O3Si. The summed E-state index contributed by atoms with van der Waals surface area (Å²) < 4.78 is 12.6. The van der Waals surface area contributed by atoms with Gasteiger partial charge in [0.2, 0.25) is 5.88 Å². The van der Waals surface area contributed by atoms with Crippen molar-refractivity contribution in [2.45, 2.75) is 64.4 Å². The number of carbonyl (C=O) groups excluding carboxylic acids is 1. The first-order valence-corrected chi connectivity index (χ1v) is 15.1. The first-order valence-electron chi connectivity index (χ1n) is 11.8. The van der Waals surface area contributed by atoms with Crippen molar-refractivity contribution in [3.05, 3.63) is 65.7 Å². The topological polar surface area (TPSA) is 89.1 Å². The van der Waals surface area contributed by atoms with Crippen LogP contribution in [-0.4, -0.2) is 47.9 Å². The molecule has 3 aromatic rings. The predicted molar refractivity (Wildman–Crippen MR) is 142 cm³/mol. The van der Waals surface area contributed by atoms with Crippen LogP contribution >= 0.6 is 11.6 Å². The third-order valence-corrected chi connectivity index (χ3v) is 11.3. The molecule has 0 fully saturated rings. The predicted octanol–water partition coefficient (Wildman–Crippen LogP) is 6.10. The molecule has 0 radical (unpaired) electrons. The molecule has 1 amide bonds. The van der Waals surface area contributed by atoms with Gasteiger partial charge in [-0.2, -0.15) is 0 Å². The van der Waals surface area contributed by atoms with Crippen LogP contribution in [0.3, 0.4) is 0 Å². The van der Waals surface area contributed by atoms with Crippen LogP contribution < -0.4 is 10.1 Å². The number of carbonyl (C=O) groups is 1. The molecule has 2 aromatic heterocycles. The monoisotopic (exact) mass is 514 g/mol. The highest BCUT2D eigenvalue weighted by atomic mass is 35.5. The van der Waals surface area contributed by atoms with E-state index in [4.69, 9.17) is 20.8 Å². The molecule has 35 heavy (non-hydrogen) atoms. The number of amides is 1. The SMILES string of the molecule is C[C@H](O[Si](C)(C)C(C)(C)C)[C@@H](CCOc1cccc(-c2ccc(Cl)cc2)n1)NC(=O)c1cnc[nH]1. The molecule has 2 N–H and O–H groups in total. The van der Waals surface area contributed by atoms with Crippen molar-refractivity contribution in [1.29, 1.82) is 0 Å². The Morgan fingerprint density at radius 2 is 1.89 bits per heavy atom. The standard InChI is InChI=1S/C26H35ClN4O3Si/c1-18(34-35(5,6)26(2,3)4)21(31-25(32)23-16-28-17-29-23)14-15-33-24-9-7-8-22(30-24)19-10-12-20(27)13-11-19/h7-13,16-18,21H,14-15H2,1-6H3,(H,28,29)(H,31,32)/t18-,21+/m0/s1. The van der Waals surface area contributed by atoms with Gasteiger partial charge in [0.1, 0.15) is 5.69 Å². The Kier molecular flexibility index (Phi) is 8.74. The van der Waals surface area contributed by atoms with Crippen molar-refractivity contribution in [2.24, 2.45) is 0 Å². The molecule has 3 rings (SSSR count). The molecular weight excluding hydrogens is 480 g/mol. The summed E-state index contributed by atoms with van der Waals surface area (Å²) in [6, 6.07) is 12.9. The van der Waals surface area contributed by atoms with E-state index in [1.54, 1.807) is 0 Å². The van der Waals surface area contributed by atoms with E-state index in [1.165, 1.54) is 12.5 Å². The number of H-pyrrole nitrogens is 1. The Bertz CT molecular complexity index is 1100. The van der Waals surface area contributed by atoms with Gasteiger partial charge in [0, 0.05) is 23.1 Å². The van der Waals surface area contributed by atoms with Gasteiger partial charge < -0.3 is 19.5 Å². The lowest BCUT2D eigenvalue weighted by Gasteiger charge is -2.40. The summed E-state index contributed by atoms with van der Waals surface area (Å²) in [5.74, 6) is 0.301. The number of benzene rings is 1. The first kappa shape index (κ1) is 26.9. The molecule has 2 heterocycles. The molecule has 0 bridgehead atoms. The van der Waals surface area contributed by atoms with E-state index in [1.807, 2.05) is 49.4 Å². The minimum absolute atomic E-state index is 0.0573. The average molecular weight is 515 g/mol. The fraction of sp³-hybridized carbons (Fsp3) is 0.423. The van der Waals surface area contributed by atoms with E-state index in [0.29, 0.717) is 29.6 Å². The zero-order valence-corrected chi connectivity index (χ0v) is 23.0. The molecule has 0 saturated heterocycles. The second-order valence-corrected chi connectivity index (χ2v) is 15.3. The Balaban J connectivity index is 1.68. The Morgan fingerprint density at radius 1 is 1.17 bits per heavy atom. The molecule has 0 saturated carbocycles. The number of rotatable bonds is 10. The first-order chi connectivity index (χ1) is 16.5. The summed E-state index contributed by atoms with van der Waals surface area (Å²) in [4.78, 5) is 24.2. The van der Waals surface area contributed by atoms with Gasteiger partial charge in [-0.3, -0.25) is 4.79 Å². The summed E-state index contributed by atoms with van der Waals surface area (Å²) in [7, 11) is -2.03. The molecule has 0 aliphatic heterocycles. The van der Waals surface area contributed by atoms with E-state index in [0.717, 1.165) is 11.3 Å². The van der Waals surface area contributed by atoms with E-state index in [-0.39, 0.29) is 23.1 Å². The van der Waals surface area contributed by atoms with Crippen LogP contribution in [0.4, 0.5) is 0 Å². The van der Waals surface area contributed by atoms with Gasteiger partial charge >= 0.3 is 0 Å². The average Bonchev–Trinajstić information content (AvgIpc) is 3.33. The molecule has 0 unspecified atom stereocenters. The highest BCUT2D eigenvalue weighted by Crippen LogP contribution is 2.37. The quantitative estimate of drug-likeness (QED) is 0.319. The minimum Gasteiger partial charge on any atom is -0.478 e. The second-order valence-electron chi connectivity index (χ2n) is 10.1. The number of pyridine rings is 1. The van der Waals surface area contributed by atoms with E-state index in [2.05, 4.69) is 54.1 Å². The largest absolute Gasteiger partial charge is 0.478 e. The van der Waals surface area contributed by atoms with Crippen molar-refractivity contribution >= 4 is 25.8 Å². The summed E-state index contributed by atoms with van der Waals surface area (Å²) in [6.07, 6.45) is 3.36. The van der Waals surface area contributed by atoms with Crippen molar-refractivity contribution < 1.29 is 14.0 Å². The number of imidazole rings is 1. The zero-order chi connectivity index (χ0) is 25.6. The summed E-state index contributed by atoms with van der Waals surface area (Å²) in [5, 5.41) is 3.83. The Morgan fingerprint density at radius 3 is 2.51 bits per heavy atom. The lowest BCUT2D eigenvalue weighted by Crippen LogP contribution is -2.51. The molecule has 2 atom stereocenters. The van der Waals surface area contributed by atoms with E-state index < -0.39 is 8.32 Å². The van der Waals surface area contributed by atoms with E-state index in [9.17, 15) is 4.79 Å². The van der Waals surface area contributed by atoms with Crippen molar-refractivity contribution in [1.82, 2.24) is 20.3 Å².